The smallest absolute Gasteiger partial charge is 0.238 e. The maximum atomic E-state index is 12.6. The Morgan fingerprint density at radius 3 is 2.54 bits per heavy atom. The third kappa shape index (κ3) is 4.68. The van der Waals surface area contributed by atoms with Gasteiger partial charge in [-0.25, -0.2) is 8.42 Å². The number of carbonyl (C=O) groups is 1. The fourth-order valence-electron chi connectivity index (χ4n) is 3.41. The van der Waals surface area contributed by atoms with Crippen LogP contribution in [0.1, 0.15) is 40.0 Å². The van der Waals surface area contributed by atoms with Crippen LogP contribution in [-0.2, 0) is 19.6 Å². The van der Waals surface area contributed by atoms with Crippen LogP contribution in [0.5, 0.6) is 0 Å². The van der Waals surface area contributed by atoms with Crippen LogP contribution in [0.15, 0.2) is 0 Å². The molecule has 1 N–H and O–H groups in total. The average Bonchev–Trinajstić information content (AvgIpc) is 3.04. The molecule has 7 nitrogen and oxygen atoms in total. The summed E-state index contributed by atoms with van der Waals surface area (Å²) in [5.74, 6) is -0.0655. The van der Waals surface area contributed by atoms with Gasteiger partial charge in [0, 0.05) is 31.7 Å². The maximum Gasteiger partial charge on any atom is 0.238 e. The first-order valence-corrected chi connectivity index (χ1v) is 10.5. The number of carbonyl (C=O) groups excluding carboxylic acids is 1. The van der Waals surface area contributed by atoms with Crippen molar-refractivity contribution in [1.29, 1.82) is 0 Å². The molecule has 2 saturated heterocycles. The lowest BCUT2D eigenvalue weighted by molar-refractivity contribution is -0.125. The Morgan fingerprint density at radius 2 is 1.92 bits per heavy atom. The maximum absolute atomic E-state index is 12.6. The van der Waals surface area contributed by atoms with Crippen molar-refractivity contribution in [2.75, 3.05) is 45.1 Å². The van der Waals surface area contributed by atoms with E-state index in [1.807, 2.05) is 6.92 Å². The predicted molar refractivity (Wildman–Crippen MR) is 93.3 cm³/mol. The summed E-state index contributed by atoms with van der Waals surface area (Å²) in [5, 5.41) is 2.98. The molecule has 1 unspecified atom stereocenters. The van der Waals surface area contributed by atoms with Crippen molar-refractivity contribution < 1.29 is 17.9 Å². The predicted octanol–water partition coefficient (Wildman–Crippen LogP) is 0.418. The molecule has 2 fully saturated rings. The van der Waals surface area contributed by atoms with Gasteiger partial charge >= 0.3 is 0 Å². The number of ether oxygens (including phenoxy) is 1. The van der Waals surface area contributed by atoms with Crippen LogP contribution < -0.4 is 5.32 Å². The highest BCUT2D eigenvalue weighted by molar-refractivity contribution is 7.89. The summed E-state index contributed by atoms with van der Waals surface area (Å²) in [6.07, 6.45) is 1.91. The van der Waals surface area contributed by atoms with Gasteiger partial charge in [0.1, 0.15) is 6.04 Å². The van der Waals surface area contributed by atoms with E-state index in [9.17, 15) is 13.2 Å². The molecule has 0 spiro atoms. The summed E-state index contributed by atoms with van der Waals surface area (Å²) in [7, 11) is -3.33. The molecule has 1 atom stereocenters. The molecule has 0 radical (unpaired) electrons. The zero-order valence-corrected chi connectivity index (χ0v) is 15.9. The summed E-state index contributed by atoms with van der Waals surface area (Å²) in [6, 6.07) is -0.554. The van der Waals surface area contributed by atoms with Gasteiger partial charge in [-0.05, 0) is 33.1 Å². The molecule has 8 heteroatoms. The fraction of sp³-hybridized carbons (Fsp3) is 0.938. The number of hydrogen-bond acceptors (Lipinski definition) is 5. The van der Waals surface area contributed by atoms with Crippen molar-refractivity contribution in [1.82, 2.24) is 14.5 Å². The SMILES string of the molecule is CCCS(=O)(=O)N1CCCC1C(=O)NCC(C)(C)N1CCOCC1. The van der Waals surface area contributed by atoms with Crippen LogP contribution in [0.2, 0.25) is 0 Å². The van der Waals surface area contributed by atoms with Gasteiger partial charge in [-0.2, -0.15) is 4.31 Å². The van der Waals surface area contributed by atoms with E-state index in [4.69, 9.17) is 4.74 Å². The van der Waals surface area contributed by atoms with E-state index < -0.39 is 16.1 Å². The largest absolute Gasteiger partial charge is 0.379 e. The Balaban J connectivity index is 1.93. The molecule has 2 rings (SSSR count). The highest BCUT2D eigenvalue weighted by atomic mass is 32.2. The van der Waals surface area contributed by atoms with Crippen molar-refractivity contribution in [2.24, 2.45) is 0 Å². The normalized spacial score (nSPS) is 24.2. The van der Waals surface area contributed by atoms with Crippen LogP contribution in [-0.4, -0.2) is 80.3 Å². The lowest BCUT2D eigenvalue weighted by Gasteiger charge is -2.41. The Kier molecular flexibility index (Phi) is 6.64. The number of sulfonamides is 1. The van der Waals surface area contributed by atoms with E-state index in [0.29, 0.717) is 39.1 Å². The number of hydrogen-bond donors (Lipinski definition) is 1. The third-order valence-corrected chi connectivity index (χ3v) is 6.96. The van der Waals surface area contributed by atoms with E-state index >= 15 is 0 Å². The van der Waals surface area contributed by atoms with Gasteiger partial charge in [-0.3, -0.25) is 9.69 Å². The van der Waals surface area contributed by atoms with Crippen molar-refractivity contribution in [3.05, 3.63) is 0 Å². The average molecular weight is 362 g/mol. The molecular weight excluding hydrogens is 330 g/mol. The number of rotatable bonds is 7. The molecule has 24 heavy (non-hydrogen) atoms. The molecule has 2 aliphatic rings. The molecule has 1 amide bonds. The monoisotopic (exact) mass is 361 g/mol. The van der Waals surface area contributed by atoms with Crippen LogP contribution in [0, 0.1) is 0 Å². The summed E-state index contributed by atoms with van der Waals surface area (Å²) in [5.41, 5.74) is -0.175. The van der Waals surface area contributed by atoms with Crippen LogP contribution in [0.3, 0.4) is 0 Å². The summed E-state index contributed by atoms with van der Waals surface area (Å²) < 4.78 is 31.4. The molecule has 0 aromatic carbocycles. The highest BCUT2D eigenvalue weighted by Gasteiger charge is 2.38. The summed E-state index contributed by atoms with van der Waals surface area (Å²) in [4.78, 5) is 14.9. The van der Waals surface area contributed by atoms with Crippen molar-refractivity contribution >= 4 is 15.9 Å². The minimum atomic E-state index is -3.33. The number of nitrogens with zero attached hydrogens (tertiary/aromatic N) is 2. The Labute approximate surface area is 145 Å². The first kappa shape index (κ1) is 19.6. The van der Waals surface area contributed by atoms with Crippen molar-refractivity contribution in [3.8, 4) is 0 Å². The van der Waals surface area contributed by atoms with Crippen LogP contribution in [0.25, 0.3) is 0 Å². The van der Waals surface area contributed by atoms with E-state index in [2.05, 4.69) is 24.1 Å². The number of morpholine rings is 1. The Bertz CT molecular complexity index is 529. The van der Waals surface area contributed by atoms with Crippen LogP contribution >= 0.6 is 0 Å². The quantitative estimate of drug-likeness (QED) is 0.711. The lowest BCUT2D eigenvalue weighted by atomic mass is 10.0. The van der Waals surface area contributed by atoms with Gasteiger partial charge in [-0.15, -0.1) is 0 Å². The highest BCUT2D eigenvalue weighted by Crippen LogP contribution is 2.22. The van der Waals surface area contributed by atoms with E-state index in [-0.39, 0.29) is 17.2 Å². The minimum absolute atomic E-state index is 0.107. The number of nitrogens with one attached hydrogen (secondary N) is 1. The molecule has 140 valence electrons. The van der Waals surface area contributed by atoms with Crippen molar-refractivity contribution in [3.63, 3.8) is 0 Å². The topological polar surface area (TPSA) is 79.0 Å². The summed E-state index contributed by atoms with van der Waals surface area (Å²) in [6.45, 7) is 10.1. The van der Waals surface area contributed by atoms with Gasteiger partial charge in [0.15, 0.2) is 0 Å². The first-order chi connectivity index (χ1) is 11.3. The molecule has 0 aliphatic carbocycles. The van der Waals surface area contributed by atoms with E-state index in [0.717, 1.165) is 19.5 Å². The second kappa shape index (κ2) is 8.12. The van der Waals surface area contributed by atoms with Crippen molar-refractivity contribution in [2.45, 2.75) is 51.6 Å². The molecule has 2 heterocycles. The third-order valence-electron chi connectivity index (χ3n) is 4.89. The molecule has 0 aromatic rings. The zero-order chi connectivity index (χ0) is 17.8. The lowest BCUT2D eigenvalue weighted by Crippen LogP contribution is -2.57. The second-order valence-corrected chi connectivity index (χ2v) is 9.26. The second-order valence-electron chi connectivity index (χ2n) is 7.21. The molecular formula is C16H31N3O4S. The van der Waals surface area contributed by atoms with Gasteiger partial charge in [0.25, 0.3) is 0 Å². The Hall–Kier alpha value is -0.700. The molecule has 0 bridgehead atoms. The zero-order valence-electron chi connectivity index (χ0n) is 15.1. The molecule has 2 aliphatic heterocycles. The molecule has 0 aromatic heterocycles. The van der Waals surface area contributed by atoms with Gasteiger partial charge in [0.05, 0.1) is 19.0 Å². The molecule has 0 saturated carbocycles. The first-order valence-electron chi connectivity index (χ1n) is 8.88. The Morgan fingerprint density at radius 1 is 1.25 bits per heavy atom. The standard InChI is InChI=1S/C16H31N3O4S/c1-4-12-24(21,22)19-7-5-6-14(19)15(20)17-13-16(2,3)18-8-10-23-11-9-18/h14H,4-13H2,1-3H3,(H,17,20). The van der Waals surface area contributed by atoms with Gasteiger partial charge in [0.2, 0.25) is 15.9 Å². The van der Waals surface area contributed by atoms with Gasteiger partial charge in [-0.1, -0.05) is 6.92 Å². The minimum Gasteiger partial charge on any atom is -0.379 e. The van der Waals surface area contributed by atoms with Gasteiger partial charge < -0.3 is 10.1 Å². The van der Waals surface area contributed by atoms with Crippen LogP contribution in [0.4, 0.5) is 0 Å². The van der Waals surface area contributed by atoms with E-state index in [1.165, 1.54) is 4.31 Å². The van der Waals surface area contributed by atoms with E-state index in [1.54, 1.807) is 0 Å². The fourth-order valence-corrected chi connectivity index (χ4v) is 5.16. The summed E-state index contributed by atoms with van der Waals surface area (Å²) >= 11 is 0. The number of amides is 1.